The topological polar surface area (TPSA) is 40.5 Å². The van der Waals surface area contributed by atoms with E-state index < -0.39 is 0 Å². The van der Waals surface area contributed by atoms with Crippen LogP contribution < -0.4 is 0 Å². The molecule has 0 aromatic carbocycles. The van der Waals surface area contributed by atoms with Gasteiger partial charge >= 0.3 is 0 Å². The van der Waals surface area contributed by atoms with Gasteiger partial charge in [0.15, 0.2) is 0 Å². The summed E-state index contributed by atoms with van der Waals surface area (Å²) in [6.45, 7) is 9.28. The summed E-state index contributed by atoms with van der Waals surface area (Å²) in [6.07, 6.45) is 0. The van der Waals surface area contributed by atoms with Crippen molar-refractivity contribution in [2.45, 2.75) is 13.8 Å². The van der Waals surface area contributed by atoms with Gasteiger partial charge in [0.05, 0.1) is 11.5 Å². The summed E-state index contributed by atoms with van der Waals surface area (Å²) in [6, 6.07) is 0. The van der Waals surface area contributed by atoms with Crippen molar-refractivity contribution < 1.29 is 10.2 Å². The van der Waals surface area contributed by atoms with E-state index in [1.807, 2.05) is 0 Å². The van der Waals surface area contributed by atoms with Crippen molar-refractivity contribution in [2.75, 3.05) is 0 Å². The molecule has 0 aromatic heterocycles. The van der Waals surface area contributed by atoms with Gasteiger partial charge in [-0.25, -0.2) is 0 Å². The minimum absolute atomic E-state index is 0.167. The van der Waals surface area contributed by atoms with Crippen molar-refractivity contribution in [1.29, 1.82) is 0 Å². The van der Waals surface area contributed by atoms with E-state index in [1.165, 1.54) is 13.8 Å². The third-order valence-corrected chi connectivity index (χ3v) is 0. The van der Waals surface area contributed by atoms with Crippen LogP contribution in [0.25, 0.3) is 0 Å². The number of rotatable bonds is 0. The van der Waals surface area contributed by atoms with Gasteiger partial charge in [-0.05, 0) is 13.8 Å². The highest BCUT2D eigenvalue weighted by atomic mass is 16.3. The molecule has 0 aliphatic heterocycles. The Hall–Kier alpha value is -0.920. The molecule has 0 aliphatic carbocycles. The molecule has 48 valence electrons. The van der Waals surface area contributed by atoms with E-state index in [0.717, 1.165) is 0 Å². The molecule has 0 atom stereocenters. The molecule has 2 nitrogen and oxygen atoms in total. The molecule has 2 heteroatoms. The fourth-order valence-corrected chi connectivity index (χ4v) is 0. The Kier molecular flexibility index (Phi) is 7.71. The maximum Gasteiger partial charge on any atom is 0.0820 e. The van der Waals surface area contributed by atoms with Crippen LogP contribution in [0.2, 0.25) is 0 Å². The Balaban J connectivity index is 0. The number of aliphatic hydroxyl groups excluding tert-OH is 2. The van der Waals surface area contributed by atoms with Gasteiger partial charge in [0.1, 0.15) is 0 Å². The van der Waals surface area contributed by atoms with Crippen molar-refractivity contribution in [3.8, 4) is 0 Å². The fraction of sp³-hybridized carbons (Fsp3) is 0.333. The molecule has 0 bridgehead atoms. The van der Waals surface area contributed by atoms with Gasteiger partial charge in [0.2, 0.25) is 0 Å². The highest BCUT2D eigenvalue weighted by molar-refractivity contribution is 4.67. The summed E-state index contributed by atoms with van der Waals surface area (Å²) in [5.41, 5.74) is 0. The van der Waals surface area contributed by atoms with Crippen molar-refractivity contribution in [2.24, 2.45) is 0 Å². The van der Waals surface area contributed by atoms with Crippen LogP contribution in [0.5, 0.6) is 0 Å². The Labute approximate surface area is 49.8 Å². The molecule has 0 rings (SSSR count). The molecular weight excluding hydrogens is 104 g/mol. The molecule has 0 saturated carbocycles. The van der Waals surface area contributed by atoms with Crippen LogP contribution in [0.4, 0.5) is 0 Å². The minimum atomic E-state index is 0.167. The molecule has 8 heavy (non-hydrogen) atoms. The first-order valence-electron chi connectivity index (χ1n) is 2.15. The lowest BCUT2D eigenvalue weighted by Gasteiger charge is -1.68. The first-order chi connectivity index (χ1) is 3.46. The highest BCUT2D eigenvalue weighted by Crippen LogP contribution is 1.66. The van der Waals surface area contributed by atoms with Gasteiger partial charge in [-0.15, -0.1) is 0 Å². The van der Waals surface area contributed by atoms with Crippen molar-refractivity contribution in [3.05, 3.63) is 24.7 Å². The molecule has 0 fully saturated rings. The monoisotopic (exact) mass is 116 g/mol. The van der Waals surface area contributed by atoms with E-state index in [2.05, 4.69) is 13.2 Å². The minimum Gasteiger partial charge on any atom is -0.513 e. The number of hydrogen-bond donors (Lipinski definition) is 2. The zero-order valence-electron chi connectivity index (χ0n) is 5.31. The Morgan fingerprint density at radius 2 is 1.00 bits per heavy atom. The van der Waals surface area contributed by atoms with Gasteiger partial charge in [-0.1, -0.05) is 13.2 Å². The zero-order valence-corrected chi connectivity index (χ0v) is 5.31. The van der Waals surface area contributed by atoms with E-state index in [9.17, 15) is 0 Å². The van der Waals surface area contributed by atoms with Crippen molar-refractivity contribution >= 4 is 0 Å². The van der Waals surface area contributed by atoms with Gasteiger partial charge < -0.3 is 10.2 Å². The van der Waals surface area contributed by atoms with Gasteiger partial charge in [0.25, 0.3) is 0 Å². The summed E-state index contributed by atoms with van der Waals surface area (Å²) in [4.78, 5) is 0. The third kappa shape index (κ3) is 99.9. The summed E-state index contributed by atoms with van der Waals surface area (Å²) < 4.78 is 0. The molecule has 0 spiro atoms. The molecule has 0 aromatic rings. The summed E-state index contributed by atoms with van der Waals surface area (Å²) in [5.74, 6) is 0.333. The average Bonchev–Trinajstić information content (AvgIpc) is 1.25. The molecule has 0 aliphatic rings. The predicted octanol–water partition coefficient (Wildman–Crippen LogP) is 2.16. The SMILES string of the molecule is C=C(C)O.C=C(C)O. The van der Waals surface area contributed by atoms with E-state index in [-0.39, 0.29) is 11.5 Å². The van der Waals surface area contributed by atoms with E-state index in [1.54, 1.807) is 0 Å². The molecule has 0 saturated heterocycles. The summed E-state index contributed by atoms with van der Waals surface area (Å²) >= 11 is 0. The first kappa shape index (κ1) is 10.1. The standard InChI is InChI=1S/2C3H6O/c2*1-3(2)4/h2*4H,1H2,2H3. The Morgan fingerprint density at radius 1 is 1.00 bits per heavy atom. The smallest absolute Gasteiger partial charge is 0.0820 e. The number of allylic oxidation sites excluding steroid dienone is 2. The molecule has 0 unspecified atom stereocenters. The Bertz CT molecular complexity index is 64.5. The average molecular weight is 116 g/mol. The molecule has 0 amide bonds. The second kappa shape index (κ2) is 6.08. The summed E-state index contributed by atoms with van der Waals surface area (Å²) in [5, 5.41) is 15.7. The van der Waals surface area contributed by atoms with Crippen LogP contribution in [0.3, 0.4) is 0 Å². The van der Waals surface area contributed by atoms with Crippen LogP contribution in [-0.2, 0) is 0 Å². The van der Waals surface area contributed by atoms with Crippen molar-refractivity contribution in [3.63, 3.8) is 0 Å². The van der Waals surface area contributed by atoms with E-state index in [0.29, 0.717) is 0 Å². The summed E-state index contributed by atoms with van der Waals surface area (Å²) in [7, 11) is 0. The molecule has 0 heterocycles. The first-order valence-corrected chi connectivity index (χ1v) is 2.15. The largest absolute Gasteiger partial charge is 0.513 e. The highest BCUT2D eigenvalue weighted by Gasteiger charge is 1.54. The van der Waals surface area contributed by atoms with Crippen LogP contribution in [0, 0.1) is 0 Å². The molecular formula is C6H12O2. The quantitative estimate of drug-likeness (QED) is 0.476. The maximum atomic E-state index is 7.86. The molecule has 2 N–H and O–H groups in total. The van der Waals surface area contributed by atoms with E-state index in [4.69, 9.17) is 10.2 Å². The lowest BCUT2D eigenvalue weighted by molar-refractivity contribution is 0.416. The maximum absolute atomic E-state index is 7.86. The van der Waals surface area contributed by atoms with Crippen molar-refractivity contribution in [1.82, 2.24) is 0 Å². The van der Waals surface area contributed by atoms with Crippen LogP contribution in [-0.4, -0.2) is 10.2 Å². The van der Waals surface area contributed by atoms with Crippen LogP contribution in [0.1, 0.15) is 13.8 Å². The van der Waals surface area contributed by atoms with Gasteiger partial charge in [0, 0.05) is 0 Å². The predicted molar refractivity (Wildman–Crippen MR) is 34.9 cm³/mol. The second-order valence-corrected chi connectivity index (χ2v) is 1.47. The lowest BCUT2D eigenvalue weighted by atomic mass is 10.7. The fourth-order valence-electron chi connectivity index (χ4n) is 0. The molecule has 0 radical (unpaired) electrons. The zero-order chi connectivity index (χ0) is 7.15. The number of hydrogen-bond acceptors (Lipinski definition) is 2. The third-order valence-electron chi connectivity index (χ3n) is 0. The van der Waals surface area contributed by atoms with Gasteiger partial charge in [-0.3, -0.25) is 0 Å². The second-order valence-electron chi connectivity index (χ2n) is 1.47. The Morgan fingerprint density at radius 3 is 1.00 bits per heavy atom. The normalized spacial score (nSPS) is 6.25. The van der Waals surface area contributed by atoms with Crippen LogP contribution >= 0.6 is 0 Å². The van der Waals surface area contributed by atoms with Crippen LogP contribution in [0.15, 0.2) is 24.7 Å². The lowest BCUT2D eigenvalue weighted by Crippen LogP contribution is -1.54. The van der Waals surface area contributed by atoms with E-state index >= 15 is 0 Å². The number of aliphatic hydroxyl groups is 2. The van der Waals surface area contributed by atoms with Gasteiger partial charge in [-0.2, -0.15) is 0 Å².